The number of likely N-dealkylation sites (tertiary alicyclic amines) is 1. The van der Waals surface area contributed by atoms with Crippen molar-refractivity contribution in [2.24, 2.45) is 0 Å². The third kappa shape index (κ3) is 2.14. The van der Waals surface area contributed by atoms with Gasteiger partial charge in [-0.25, -0.2) is 0 Å². The van der Waals surface area contributed by atoms with Gasteiger partial charge in [0.25, 0.3) is 5.91 Å². The molecule has 0 spiro atoms. The lowest BCUT2D eigenvalue weighted by Gasteiger charge is -2.24. The zero-order valence-electron chi connectivity index (χ0n) is 9.45. The van der Waals surface area contributed by atoms with Crippen molar-refractivity contribution in [1.82, 2.24) is 4.90 Å². The van der Waals surface area contributed by atoms with Crippen LogP contribution in [0.4, 0.5) is 0 Å². The summed E-state index contributed by atoms with van der Waals surface area (Å²) in [5.41, 5.74) is 0.780. The van der Waals surface area contributed by atoms with Gasteiger partial charge in [-0.2, -0.15) is 0 Å². The second-order valence-electron chi connectivity index (χ2n) is 4.18. The summed E-state index contributed by atoms with van der Waals surface area (Å²) in [6, 6.07) is 8.08. The van der Waals surface area contributed by atoms with Crippen LogP contribution in [0.3, 0.4) is 0 Å². The minimum absolute atomic E-state index is 0.164. The number of hydrogen-bond acceptors (Lipinski definition) is 1. The summed E-state index contributed by atoms with van der Waals surface area (Å²) in [5.74, 6) is 0.164. The maximum absolute atomic E-state index is 12.3. The van der Waals surface area contributed by atoms with Crippen molar-refractivity contribution in [2.75, 3.05) is 6.54 Å². The van der Waals surface area contributed by atoms with Crippen molar-refractivity contribution in [3.05, 3.63) is 34.3 Å². The number of carbonyl (C=O) groups is 1. The molecule has 0 radical (unpaired) electrons. The smallest absolute Gasteiger partial charge is 0.255 e. The van der Waals surface area contributed by atoms with Gasteiger partial charge in [-0.15, -0.1) is 0 Å². The Hall–Kier alpha value is -0.830. The Morgan fingerprint density at radius 1 is 1.50 bits per heavy atom. The van der Waals surface area contributed by atoms with E-state index in [0.29, 0.717) is 6.04 Å². The molecule has 0 aromatic heterocycles. The largest absolute Gasteiger partial charge is 0.336 e. The summed E-state index contributed by atoms with van der Waals surface area (Å²) in [7, 11) is 0. The van der Waals surface area contributed by atoms with Crippen molar-refractivity contribution in [1.29, 1.82) is 0 Å². The second kappa shape index (κ2) is 5.00. The standard InChI is InChI=1S/C13H16BrNO/c1-2-10-6-5-9-15(10)13(16)11-7-3-4-8-12(11)14/h3-4,7-8,10H,2,5-6,9H2,1H3. The zero-order valence-corrected chi connectivity index (χ0v) is 11.0. The number of rotatable bonds is 2. The van der Waals surface area contributed by atoms with E-state index in [-0.39, 0.29) is 5.91 Å². The lowest BCUT2D eigenvalue weighted by molar-refractivity contribution is 0.0733. The summed E-state index contributed by atoms with van der Waals surface area (Å²) in [5, 5.41) is 0. The summed E-state index contributed by atoms with van der Waals surface area (Å²) in [6.07, 6.45) is 3.33. The number of amides is 1. The van der Waals surface area contributed by atoms with E-state index in [1.807, 2.05) is 29.2 Å². The highest BCUT2D eigenvalue weighted by atomic mass is 79.9. The quantitative estimate of drug-likeness (QED) is 0.813. The van der Waals surface area contributed by atoms with Crippen LogP contribution in [0.1, 0.15) is 36.5 Å². The molecule has 1 aromatic carbocycles. The fourth-order valence-electron chi connectivity index (χ4n) is 2.32. The van der Waals surface area contributed by atoms with E-state index in [9.17, 15) is 4.79 Å². The number of carbonyl (C=O) groups excluding carboxylic acids is 1. The predicted octanol–water partition coefficient (Wildman–Crippen LogP) is 3.46. The van der Waals surface area contributed by atoms with Crippen LogP contribution in [0.2, 0.25) is 0 Å². The third-order valence-electron chi connectivity index (χ3n) is 3.21. The summed E-state index contributed by atoms with van der Waals surface area (Å²) in [4.78, 5) is 14.3. The topological polar surface area (TPSA) is 20.3 Å². The molecular weight excluding hydrogens is 266 g/mol. The molecule has 1 amide bonds. The molecule has 1 fully saturated rings. The van der Waals surface area contributed by atoms with Gasteiger partial charge in [-0.1, -0.05) is 19.1 Å². The fourth-order valence-corrected chi connectivity index (χ4v) is 2.77. The van der Waals surface area contributed by atoms with Crippen LogP contribution < -0.4 is 0 Å². The van der Waals surface area contributed by atoms with Crippen LogP contribution >= 0.6 is 15.9 Å². The number of benzene rings is 1. The Labute approximate surface area is 105 Å². The number of halogens is 1. The van der Waals surface area contributed by atoms with E-state index < -0.39 is 0 Å². The fraction of sp³-hybridized carbons (Fsp3) is 0.462. The third-order valence-corrected chi connectivity index (χ3v) is 3.91. The predicted molar refractivity (Wildman–Crippen MR) is 68.5 cm³/mol. The molecule has 0 bridgehead atoms. The molecule has 1 heterocycles. The monoisotopic (exact) mass is 281 g/mol. The SMILES string of the molecule is CCC1CCCN1C(=O)c1ccccc1Br. The van der Waals surface area contributed by atoms with E-state index in [1.165, 1.54) is 0 Å². The first-order valence-electron chi connectivity index (χ1n) is 5.79. The molecule has 3 heteroatoms. The molecule has 86 valence electrons. The number of hydrogen-bond donors (Lipinski definition) is 0. The van der Waals surface area contributed by atoms with Crippen molar-refractivity contribution in [2.45, 2.75) is 32.2 Å². The molecule has 1 unspecified atom stereocenters. The van der Waals surface area contributed by atoms with Crippen LogP contribution in [0.15, 0.2) is 28.7 Å². The van der Waals surface area contributed by atoms with E-state index in [4.69, 9.17) is 0 Å². The van der Waals surface area contributed by atoms with Gasteiger partial charge in [0, 0.05) is 17.1 Å². The molecule has 16 heavy (non-hydrogen) atoms. The molecule has 1 atom stereocenters. The maximum Gasteiger partial charge on any atom is 0.255 e. The first-order chi connectivity index (χ1) is 7.74. The molecule has 2 nitrogen and oxygen atoms in total. The zero-order chi connectivity index (χ0) is 11.5. The first kappa shape index (κ1) is 11.6. The Morgan fingerprint density at radius 3 is 2.94 bits per heavy atom. The van der Waals surface area contributed by atoms with Gasteiger partial charge in [-0.3, -0.25) is 4.79 Å². The Balaban J connectivity index is 2.22. The lowest BCUT2D eigenvalue weighted by atomic mass is 10.1. The first-order valence-corrected chi connectivity index (χ1v) is 6.59. The summed E-state index contributed by atoms with van der Waals surface area (Å²) in [6.45, 7) is 3.05. The normalized spacial score (nSPS) is 20.1. The van der Waals surface area contributed by atoms with E-state index >= 15 is 0 Å². The Morgan fingerprint density at radius 2 is 2.25 bits per heavy atom. The van der Waals surface area contributed by atoms with Crippen molar-refractivity contribution in [3.8, 4) is 0 Å². The van der Waals surface area contributed by atoms with Gasteiger partial charge in [0.05, 0.1) is 5.56 Å². The van der Waals surface area contributed by atoms with Gasteiger partial charge in [-0.05, 0) is 47.3 Å². The average Bonchev–Trinajstić information content (AvgIpc) is 2.77. The van der Waals surface area contributed by atoms with Crippen molar-refractivity contribution >= 4 is 21.8 Å². The highest BCUT2D eigenvalue weighted by molar-refractivity contribution is 9.10. The highest BCUT2D eigenvalue weighted by Gasteiger charge is 2.28. The molecule has 1 aliphatic rings. The number of nitrogens with zero attached hydrogens (tertiary/aromatic N) is 1. The van der Waals surface area contributed by atoms with E-state index in [1.54, 1.807) is 0 Å². The van der Waals surface area contributed by atoms with Gasteiger partial charge in [0.1, 0.15) is 0 Å². The minimum Gasteiger partial charge on any atom is -0.336 e. The summed E-state index contributed by atoms with van der Waals surface area (Å²) < 4.78 is 0.891. The van der Waals surface area contributed by atoms with Crippen LogP contribution in [0, 0.1) is 0 Å². The van der Waals surface area contributed by atoms with Gasteiger partial charge in [0.2, 0.25) is 0 Å². The van der Waals surface area contributed by atoms with E-state index in [2.05, 4.69) is 22.9 Å². The molecule has 2 rings (SSSR count). The van der Waals surface area contributed by atoms with Crippen LogP contribution in [0.5, 0.6) is 0 Å². The van der Waals surface area contributed by atoms with Gasteiger partial charge >= 0.3 is 0 Å². The molecule has 0 N–H and O–H groups in total. The van der Waals surface area contributed by atoms with Crippen LogP contribution in [-0.4, -0.2) is 23.4 Å². The molecule has 1 aliphatic heterocycles. The van der Waals surface area contributed by atoms with Crippen molar-refractivity contribution in [3.63, 3.8) is 0 Å². The molecule has 0 saturated carbocycles. The Kier molecular flexibility index (Phi) is 3.64. The average molecular weight is 282 g/mol. The highest BCUT2D eigenvalue weighted by Crippen LogP contribution is 2.25. The molecule has 0 aliphatic carbocycles. The lowest BCUT2D eigenvalue weighted by Crippen LogP contribution is -2.35. The van der Waals surface area contributed by atoms with Gasteiger partial charge < -0.3 is 4.90 Å². The minimum atomic E-state index is 0.164. The Bertz CT molecular complexity index is 391. The molecule has 1 saturated heterocycles. The molecular formula is C13H16BrNO. The van der Waals surface area contributed by atoms with Crippen molar-refractivity contribution < 1.29 is 4.79 Å². The maximum atomic E-state index is 12.3. The second-order valence-corrected chi connectivity index (χ2v) is 5.04. The van der Waals surface area contributed by atoms with Crippen LogP contribution in [-0.2, 0) is 0 Å². The van der Waals surface area contributed by atoms with Crippen LogP contribution in [0.25, 0.3) is 0 Å². The van der Waals surface area contributed by atoms with E-state index in [0.717, 1.165) is 35.8 Å². The van der Waals surface area contributed by atoms with Gasteiger partial charge in [0.15, 0.2) is 0 Å². The molecule has 1 aromatic rings. The summed E-state index contributed by atoms with van der Waals surface area (Å²) >= 11 is 3.44.